The molecule has 1 N–H and O–H groups in total. The molecule has 1 fully saturated rings. The molecular weight excluding hydrogens is 241 g/mol. The van der Waals surface area contributed by atoms with Gasteiger partial charge in [0.05, 0.1) is 12.6 Å². The fraction of sp³-hybridized carbons (Fsp3) is 1.00. The molecule has 16 heavy (non-hydrogen) atoms. The van der Waals surface area contributed by atoms with Gasteiger partial charge < -0.3 is 14.4 Å². The fourth-order valence-corrected chi connectivity index (χ4v) is 2.01. The molecule has 2 radical (unpaired) electrons. The summed E-state index contributed by atoms with van der Waals surface area (Å²) in [5.41, 5.74) is 0. The Morgan fingerprint density at radius 1 is 1.56 bits per heavy atom. The summed E-state index contributed by atoms with van der Waals surface area (Å²) in [6.45, 7) is 0.00248. The van der Waals surface area contributed by atoms with Crippen LogP contribution in [0.1, 0.15) is 0 Å². The zero-order valence-corrected chi connectivity index (χ0v) is 9.80. The van der Waals surface area contributed by atoms with Crippen molar-refractivity contribution in [2.75, 3.05) is 20.8 Å². The number of halogens is 1. The first-order valence-corrected chi connectivity index (χ1v) is 6.02. The van der Waals surface area contributed by atoms with Gasteiger partial charge >= 0.3 is 7.82 Å². The summed E-state index contributed by atoms with van der Waals surface area (Å²) in [6, 6.07) is -1.21. The molecular formula is C7H13BFO6P. The number of methoxy groups -OCH3 is 1. The Morgan fingerprint density at radius 3 is 2.69 bits per heavy atom. The molecule has 0 saturated carbocycles. The first-order valence-electron chi connectivity index (χ1n) is 4.52. The highest BCUT2D eigenvalue weighted by Gasteiger charge is 2.46. The van der Waals surface area contributed by atoms with E-state index in [9.17, 15) is 8.96 Å². The van der Waals surface area contributed by atoms with E-state index < -0.39 is 32.2 Å². The van der Waals surface area contributed by atoms with Crippen molar-refractivity contribution in [2.24, 2.45) is 0 Å². The van der Waals surface area contributed by atoms with Gasteiger partial charge in [0.15, 0.2) is 0 Å². The van der Waals surface area contributed by atoms with Crippen molar-refractivity contribution in [2.45, 2.75) is 24.4 Å². The van der Waals surface area contributed by atoms with Crippen molar-refractivity contribution in [1.29, 1.82) is 0 Å². The molecule has 9 heteroatoms. The number of ether oxygens (including phenoxy) is 2. The summed E-state index contributed by atoms with van der Waals surface area (Å²) < 4.78 is 43.2. The lowest BCUT2D eigenvalue weighted by molar-refractivity contribution is -0.0197. The topological polar surface area (TPSA) is 74.2 Å². The SMILES string of the molecule is [B][C@@H]1O[C@H](COC)[C@@H](OP(=O)(O)OC)[C@@H]1F. The van der Waals surface area contributed by atoms with Crippen LogP contribution in [0.15, 0.2) is 0 Å². The minimum absolute atomic E-state index is 0.00248. The van der Waals surface area contributed by atoms with Crippen LogP contribution in [-0.4, -0.2) is 57.9 Å². The lowest BCUT2D eigenvalue weighted by Gasteiger charge is -2.21. The van der Waals surface area contributed by atoms with Crippen LogP contribution in [0.25, 0.3) is 0 Å². The van der Waals surface area contributed by atoms with Gasteiger partial charge in [-0.05, 0) is 0 Å². The van der Waals surface area contributed by atoms with Crippen molar-refractivity contribution in [3.63, 3.8) is 0 Å². The zero-order chi connectivity index (χ0) is 12.3. The van der Waals surface area contributed by atoms with Gasteiger partial charge in [-0.2, -0.15) is 0 Å². The minimum Gasteiger partial charge on any atom is -0.382 e. The summed E-state index contributed by atoms with van der Waals surface area (Å²) in [5.74, 6) is 0. The van der Waals surface area contributed by atoms with E-state index in [1.54, 1.807) is 0 Å². The largest absolute Gasteiger partial charge is 0.472 e. The number of phosphoric ester groups is 1. The van der Waals surface area contributed by atoms with Crippen LogP contribution in [0.5, 0.6) is 0 Å². The van der Waals surface area contributed by atoms with Crippen molar-refractivity contribution < 1.29 is 32.4 Å². The van der Waals surface area contributed by atoms with Crippen LogP contribution >= 0.6 is 7.82 Å². The molecule has 5 atom stereocenters. The lowest BCUT2D eigenvalue weighted by atomic mass is 9.94. The smallest absolute Gasteiger partial charge is 0.382 e. The normalized spacial score (nSPS) is 38.5. The maximum absolute atomic E-state index is 13.5. The third-order valence-electron chi connectivity index (χ3n) is 2.14. The van der Waals surface area contributed by atoms with Gasteiger partial charge in [0.1, 0.15) is 26.2 Å². The number of hydrogen-bond acceptors (Lipinski definition) is 5. The van der Waals surface area contributed by atoms with E-state index in [1.807, 2.05) is 0 Å². The molecule has 1 heterocycles. The highest BCUT2D eigenvalue weighted by Crippen LogP contribution is 2.46. The summed E-state index contributed by atoms with van der Waals surface area (Å²) in [5, 5.41) is 0. The molecule has 92 valence electrons. The predicted molar refractivity (Wildman–Crippen MR) is 52.9 cm³/mol. The number of phosphoric acid groups is 1. The quantitative estimate of drug-likeness (QED) is 0.549. The summed E-state index contributed by atoms with van der Waals surface area (Å²) in [6.07, 6.45) is -3.84. The zero-order valence-electron chi connectivity index (χ0n) is 8.91. The highest BCUT2D eigenvalue weighted by molar-refractivity contribution is 7.47. The molecule has 1 aliphatic rings. The van der Waals surface area contributed by atoms with Crippen LogP contribution < -0.4 is 0 Å². The second-order valence-electron chi connectivity index (χ2n) is 3.26. The predicted octanol–water partition coefficient (Wildman–Crippen LogP) is -0.00370. The number of rotatable bonds is 5. The molecule has 0 aromatic rings. The third-order valence-corrected chi connectivity index (χ3v) is 3.11. The molecule has 0 amide bonds. The van der Waals surface area contributed by atoms with Crippen molar-refractivity contribution >= 4 is 15.7 Å². The average molecular weight is 254 g/mol. The Bertz CT molecular complexity index is 280. The van der Waals surface area contributed by atoms with Gasteiger partial charge in [0, 0.05) is 14.2 Å². The second kappa shape index (κ2) is 5.57. The Labute approximate surface area is 94.0 Å². The van der Waals surface area contributed by atoms with E-state index >= 15 is 0 Å². The lowest BCUT2D eigenvalue weighted by Crippen LogP contribution is -2.34. The third kappa shape index (κ3) is 3.26. The Balaban J connectivity index is 2.70. The minimum atomic E-state index is -4.28. The van der Waals surface area contributed by atoms with Crippen LogP contribution in [0, 0.1) is 0 Å². The van der Waals surface area contributed by atoms with E-state index in [-0.39, 0.29) is 6.61 Å². The van der Waals surface area contributed by atoms with Crippen LogP contribution in [0.4, 0.5) is 4.39 Å². The van der Waals surface area contributed by atoms with E-state index in [4.69, 9.17) is 22.2 Å². The average Bonchev–Trinajstić information content (AvgIpc) is 2.47. The van der Waals surface area contributed by atoms with E-state index in [2.05, 4.69) is 9.05 Å². The van der Waals surface area contributed by atoms with Gasteiger partial charge in [-0.1, -0.05) is 0 Å². The second-order valence-corrected chi connectivity index (χ2v) is 4.77. The maximum Gasteiger partial charge on any atom is 0.472 e. The summed E-state index contributed by atoms with van der Waals surface area (Å²) >= 11 is 0. The Kier molecular flexibility index (Phi) is 4.91. The summed E-state index contributed by atoms with van der Waals surface area (Å²) in [7, 11) is 3.39. The van der Waals surface area contributed by atoms with Gasteiger partial charge in [-0.15, -0.1) is 0 Å². The Morgan fingerprint density at radius 2 is 2.19 bits per heavy atom. The van der Waals surface area contributed by atoms with Gasteiger partial charge in [-0.3, -0.25) is 9.05 Å². The Hall–Kier alpha value is 0.0249. The fourth-order valence-electron chi connectivity index (χ4n) is 1.37. The molecule has 0 aromatic carbocycles. The van der Waals surface area contributed by atoms with Crippen molar-refractivity contribution in [1.82, 2.24) is 0 Å². The summed E-state index contributed by atoms with van der Waals surface area (Å²) in [4.78, 5) is 9.08. The molecule has 0 spiro atoms. The van der Waals surface area contributed by atoms with E-state index in [1.165, 1.54) is 7.11 Å². The molecule has 1 rings (SSSR count). The van der Waals surface area contributed by atoms with Crippen LogP contribution in [-0.2, 0) is 23.1 Å². The first-order chi connectivity index (χ1) is 7.41. The maximum atomic E-state index is 13.5. The molecule has 0 aromatic heterocycles. The van der Waals surface area contributed by atoms with Crippen LogP contribution in [0.3, 0.4) is 0 Å². The number of alkyl halides is 1. The van der Waals surface area contributed by atoms with Gasteiger partial charge in [0.2, 0.25) is 0 Å². The monoisotopic (exact) mass is 254 g/mol. The highest BCUT2D eigenvalue weighted by atomic mass is 31.2. The van der Waals surface area contributed by atoms with Crippen LogP contribution in [0.2, 0.25) is 0 Å². The van der Waals surface area contributed by atoms with Crippen molar-refractivity contribution in [3.8, 4) is 0 Å². The molecule has 1 saturated heterocycles. The van der Waals surface area contributed by atoms with Gasteiger partial charge in [0.25, 0.3) is 0 Å². The molecule has 6 nitrogen and oxygen atoms in total. The van der Waals surface area contributed by atoms with E-state index in [0.29, 0.717) is 0 Å². The van der Waals surface area contributed by atoms with Gasteiger partial charge in [-0.25, -0.2) is 8.96 Å². The molecule has 1 unspecified atom stereocenters. The molecule has 1 aliphatic heterocycles. The number of hydrogen-bond donors (Lipinski definition) is 1. The molecule has 0 aliphatic carbocycles. The first kappa shape index (κ1) is 14.1. The standard InChI is InChI=1S/C7H13BFO6P/c1-12-3-4-6(5(9)7(8)14-4)15-16(10,11)13-2/h4-7H,3H2,1-2H3,(H,10,11)/t4-,5+,6-,7-/m1/s1. The van der Waals surface area contributed by atoms with E-state index in [0.717, 1.165) is 7.11 Å². The van der Waals surface area contributed by atoms with Crippen molar-refractivity contribution in [3.05, 3.63) is 0 Å². The molecule has 0 bridgehead atoms.